The number of piperazine rings is 1. The molecule has 0 bridgehead atoms. The van der Waals surface area contributed by atoms with Gasteiger partial charge in [-0.05, 0) is 42.7 Å². The van der Waals surface area contributed by atoms with E-state index in [1.807, 2.05) is 18.3 Å². The van der Waals surface area contributed by atoms with Gasteiger partial charge in [0.2, 0.25) is 0 Å². The number of rotatable bonds is 4. The zero-order chi connectivity index (χ0) is 20.3. The van der Waals surface area contributed by atoms with Gasteiger partial charge in [0.1, 0.15) is 0 Å². The molecule has 0 spiro atoms. The molecule has 2 saturated heterocycles. The van der Waals surface area contributed by atoms with Crippen LogP contribution in [0.1, 0.15) is 18.4 Å². The first kappa shape index (κ1) is 22.3. The van der Waals surface area contributed by atoms with Crippen molar-refractivity contribution in [3.8, 4) is 0 Å². The SMILES string of the molecule is Cl.Clc1ccc2c(N3CCC(N4CCN(Cc5ccccc5)CC4)CC3)ccnc2c1. The summed E-state index contributed by atoms with van der Waals surface area (Å²) < 4.78 is 0. The van der Waals surface area contributed by atoms with E-state index in [1.165, 1.54) is 55.7 Å². The first-order valence-corrected chi connectivity index (χ1v) is 11.4. The molecule has 2 aromatic carbocycles. The first-order valence-electron chi connectivity index (χ1n) is 11.1. The summed E-state index contributed by atoms with van der Waals surface area (Å²) in [5.41, 5.74) is 3.70. The Labute approximate surface area is 196 Å². The molecule has 4 nitrogen and oxygen atoms in total. The number of nitrogens with zero attached hydrogens (tertiary/aromatic N) is 4. The van der Waals surface area contributed by atoms with Crippen LogP contribution >= 0.6 is 24.0 Å². The molecule has 5 rings (SSSR count). The van der Waals surface area contributed by atoms with Gasteiger partial charge in [0.25, 0.3) is 0 Å². The molecular formula is C25H30Cl2N4. The molecule has 0 saturated carbocycles. The Morgan fingerprint density at radius 2 is 1.61 bits per heavy atom. The van der Waals surface area contributed by atoms with Gasteiger partial charge in [0, 0.05) is 74.1 Å². The Morgan fingerprint density at radius 3 is 2.35 bits per heavy atom. The predicted molar refractivity (Wildman–Crippen MR) is 133 cm³/mol. The Kier molecular flexibility index (Phi) is 7.34. The van der Waals surface area contributed by atoms with E-state index in [2.05, 4.69) is 62.1 Å². The zero-order valence-corrected chi connectivity index (χ0v) is 19.4. The fraction of sp³-hybridized carbons (Fsp3) is 0.400. The van der Waals surface area contributed by atoms with Gasteiger partial charge in [0.05, 0.1) is 5.52 Å². The largest absolute Gasteiger partial charge is 0.371 e. The third-order valence-electron chi connectivity index (χ3n) is 6.66. The number of fused-ring (bicyclic) bond motifs is 1. The van der Waals surface area contributed by atoms with Crippen molar-refractivity contribution >= 4 is 40.6 Å². The van der Waals surface area contributed by atoms with Gasteiger partial charge in [-0.2, -0.15) is 0 Å². The minimum absolute atomic E-state index is 0. The van der Waals surface area contributed by atoms with Crippen LogP contribution in [0.5, 0.6) is 0 Å². The molecule has 6 heteroatoms. The van der Waals surface area contributed by atoms with Crippen LogP contribution in [0.25, 0.3) is 10.9 Å². The van der Waals surface area contributed by atoms with E-state index in [-0.39, 0.29) is 12.4 Å². The number of benzene rings is 2. The maximum absolute atomic E-state index is 6.15. The Morgan fingerprint density at radius 1 is 0.871 bits per heavy atom. The molecule has 2 fully saturated rings. The average Bonchev–Trinajstić information content (AvgIpc) is 2.80. The lowest BCUT2D eigenvalue weighted by atomic mass is 10.0. The topological polar surface area (TPSA) is 22.6 Å². The molecule has 0 unspecified atom stereocenters. The molecule has 31 heavy (non-hydrogen) atoms. The van der Waals surface area contributed by atoms with E-state index in [4.69, 9.17) is 11.6 Å². The number of hydrogen-bond acceptors (Lipinski definition) is 4. The minimum atomic E-state index is 0. The van der Waals surface area contributed by atoms with Crippen molar-refractivity contribution in [3.05, 3.63) is 71.4 Å². The van der Waals surface area contributed by atoms with Gasteiger partial charge >= 0.3 is 0 Å². The molecule has 2 aliphatic heterocycles. The van der Waals surface area contributed by atoms with Crippen molar-refractivity contribution in [2.24, 2.45) is 0 Å². The van der Waals surface area contributed by atoms with E-state index in [0.717, 1.165) is 30.2 Å². The first-order chi connectivity index (χ1) is 14.8. The summed E-state index contributed by atoms with van der Waals surface area (Å²) in [7, 11) is 0. The van der Waals surface area contributed by atoms with Crippen molar-refractivity contribution < 1.29 is 0 Å². The summed E-state index contributed by atoms with van der Waals surface area (Å²) >= 11 is 6.15. The highest BCUT2D eigenvalue weighted by Gasteiger charge is 2.28. The Hall–Kier alpha value is -1.85. The Bertz CT molecular complexity index is 981. The quantitative estimate of drug-likeness (QED) is 0.544. The minimum Gasteiger partial charge on any atom is -0.371 e. The monoisotopic (exact) mass is 456 g/mol. The summed E-state index contributed by atoms with van der Waals surface area (Å²) in [5.74, 6) is 0. The summed E-state index contributed by atoms with van der Waals surface area (Å²) in [4.78, 5) is 12.3. The highest BCUT2D eigenvalue weighted by Crippen LogP contribution is 2.30. The second kappa shape index (κ2) is 10.2. The number of hydrogen-bond donors (Lipinski definition) is 0. The van der Waals surface area contributed by atoms with Crippen LogP contribution in [0.2, 0.25) is 5.02 Å². The zero-order valence-electron chi connectivity index (χ0n) is 17.8. The van der Waals surface area contributed by atoms with E-state index in [9.17, 15) is 0 Å². The molecule has 0 N–H and O–H groups in total. The van der Waals surface area contributed by atoms with Gasteiger partial charge in [0.15, 0.2) is 0 Å². The Balaban J connectivity index is 0.00000231. The summed E-state index contributed by atoms with van der Waals surface area (Å²) in [6.07, 6.45) is 4.37. The molecule has 3 aromatic rings. The molecule has 0 atom stereocenters. The van der Waals surface area contributed by atoms with Crippen molar-refractivity contribution in [1.29, 1.82) is 0 Å². The maximum Gasteiger partial charge on any atom is 0.0737 e. The van der Waals surface area contributed by atoms with Gasteiger partial charge in [-0.1, -0.05) is 41.9 Å². The highest BCUT2D eigenvalue weighted by atomic mass is 35.5. The van der Waals surface area contributed by atoms with Crippen LogP contribution in [0, 0.1) is 0 Å². The van der Waals surface area contributed by atoms with Crippen LogP contribution in [0.3, 0.4) is 0 Å². The second-order valence-electron chi connectivity index (χ2n) is 8.51. The van der Waals surface area contributed by atoms with Crippen molar-refractivity contribution in [2.75, 3.05) is 44.2 Å². The normalized spacial score (nSPS) is 18.8. The van der Waals surface area contributed by atoms with Crippen molar-refractivity contribution in [1.82, 2.24) is 14.8 Å². The van der Waals surface area contributed by atoms with Crippen LogP contribution in [0.4, 0.5) is 5.69 Å². The third-order valence-corrected chi connectivity index (χ3v) is 6.89. The molecule has 1 aromatic heterocycles. The van der Waals surface area contributed by atoms with Crippen molar-refractivity contribution in [3.63, 3.8) is 0 Å². The number of piperidine rings is 1. The lowest BCUT2D eigenvalue weighted by molar-refractivity contribution is 0.0812. The molecular weight excluding hydrogens is 427 g/mol. The fourth-order valence-corrected chi connectivity index (χ4v) is 5.15. The summed E-state index contributed by atoms with van der Waals surface area (Å²) in [6, 6.07) is 19.7. The second-order valence-corrected chi connectivity index (χ2v) is 8.94. The van der Waals surface area contributed by atoms with Gasteiger partial charge < -0.3 is 4.90 Å². The van der Waals surface area contributed by atoms with Crippen LogP contribution in [-0.2, 0) is 6.54 Å². The van der Waals surface area contributed by atoms with Gasteiger partial charge in [-0.25, -0.2) is 0 Å². The highest BCUT2D eigenvalue weighted by molar-refractivity contribution is 6.31. The number of pyridine rings is 1. The molecule has 164 valence electrons. The fourth-order valence-electron chi connectivity index (χ4n) is 4.98. The predicted octanol–water partition coefficient (Wildman–Crippen LogP) is 5.10. The summed E-state index contributed by atoms with van der Waals surface area (Å²) in [5, 5.41) is 1.95. The van der Waals surface area contributed by atoms with E-state index >= 15 is 0 Å². The molecule has 0 amide bonds. The molecule has 0 aliphatic carbocycles. The smallest absolute Gasteiger partial charge is 0.0737 e. The van der Waals surface area contributed by atoms with Crippen LogP contribution < -0.4 is 4.90 Å². The van der Waals surface area contributed by atoms with E-state index in [0.29, 0.717) is 6.04 Å². The summed E-state index contributed by atoms with van der Waals surface area (Å²) in [6.45, 7) is 8.01. The van der Waals surface area contributed by atoms with Crippen LogP contribution in [-0.4, -0.2) is 60.1 Å². The third kappa shape index (κ3) is 5.15. The maximum atomic E-state index is 6.15. The van der Waals surface area contributed by atoms with E-state index < -0.39 is 0 Å². The lowest BCUT2D eigenvalue weighted by Crippen LogP contribution is -2.53. The van der Waals surface area contributed by atoms with Crippen molar-refractivity contribution in [2.45, 2.75) is 25.4 Å². The number of anilines is 1. The number of aromatic nitrogens is 1. The van der Waals surface area contributed by atoms with E-state index in [1.54, 1.807) is 0 Å². The van der Waals surface area contributed by atoms with Gasteiger partial charge in [-0.3, -0.25) is 14.8 Å². The molecule has 0 radical (unpaired) electrons. The number of halogens is 2. The lowest BCUT2D eigenvalue weighted by Gasteiger charge is -2.43. The van der Waals surface area contributed by atoms with Gasteiger partial charge in [-0.15, -0.1) is 12.4 Å². The molecule has 2 aliphatic rings. The standard InChI is InChI=1S/C25H29ClN4.ClH/c26-21-6-7-23-24(18-21)27-11-8-25(23)30-12-9-22(10-13-30)29-16-14-28(15-17-29)19-20-4-2-1-3-5-20;/h1-8,11,18,22H,9-10,12-17,19H2;1H. The molecule has 3 heterocycles. The average molecular weight is 457 g/mol. The van der Waals surface area contributed by atoms with Crippen LogP contribution in [0.15, 0.2) is 60.8 Å².